The van der Waals surface area contributed by atoms with Gasteiger partial charge in [0.2, 0.25) is 0 Å². The predicted molar refractivity (Wildman–Crippen MR) is 69.4 cm³/mol. The largest absolute Gasteiger partial charge is 0.498 e. The molecule has 2 heteroatoms. The highest BCUT2D eigenvalue weighted by Crippen LogP contribution is 2.17. The van der Waals surface area contributed by atoms with Crippen molar-refractivity contribution in [3.05, 3.63) is 24.0 Å². The molecule has 1 saturated heterocycles. The van der Waals surface area contributed by atoms with Crippen LogP contribution in [0.15, 0.2) is 24.0 Å². The zero-order valence-corrected chi connectivity index (χ0v) is 10.7. The van der Waals surface area contributed by atoms with Gasteiger partial charge in [0.1, 0.15) is 0 Å². The molecule has 16 heavy (non-hydrogen) atoms. The van der Waals surface area contributed by atoms with Gasteiger partial charge in [0.25, 0.3) is 0 Å². The molecule has 0 aromatic rings. The number of ether oxygens (including phenoxy) is 1. The molecule has 0 radical (unpaired) electrons. The molecule has 0 aromatic carbocycles. The SMILES string of the molecule is CC=CC=C(C)OCCCC1CCNCC1. The van der Waals surface area contributed by atoms with E-state index < -0.39 is 0 Å². The highest BCUT2D eigenvalue weighted by atomic mass is 16.5. The van der Waals surface area contributed by atoms with Crippen LogP contribution in [-0.4, -0.2) is 19.7 Å². The normalized spacial score (nSPS) is 19.2. The molecule has 2 nitrogen and oxygen atoms in total. The maximum Gasteiger partial charge on any atom is 0.0928 e. The van der Waals surface area contributed by atoms with E-state index >= 15 is 0 Å². The van der Waals surface area contributed by atoms with E-state index in [1.807, 2.05) is 32.1 Å². The summed E-state index contributed by atoms with van der Waals surface area (Å²) in [6, 6.07) is 0. The second kappa shape index (κ2) is 8.40. The summed E-state index contributed by atoms with van der Waals surface area (Å²) >= 11 is 0. The Hall–Kier alpha value is -0.760. The van der Waals surface area contributed by atoms with Crippen LogP contribution in [0.5, 0.6) is 0 Å². The molecular weight excluding hydrogens is 198 g/mol. The van der Waals surface area contributed by atoms with E-state index in [-0.39, 0.29) is 0 Å². The summed E-state index contributed by atoms with van der Waals surface area (Å²) in [5.74, 6) is 1.94. The minimum absolute atomic E-state index is 0.865. The first-order chi connectivity index (χ1) is 7.83. The number of piperidine rings is 1. The molecule has 0 saturated carbocycles. The predicted octanol–water partition coefficient (Wildman–Crippen LogP) is 3.26. The first-order valence-corrected chi connectivity index (χ1v) is 6.46. The van der Waals surface area contributed by atoms with Gasteiger partial charge in [0, 0.05) is 0 Å². The van der Waals surface area contributed by atoms with Crippen molar-refractivity contribution in [1.82, 2.24) is 5.32 Å². The quantitative estimate of drug-likeness (QED) is 0.424. The molecular formula is C14H25NO. The topological polar surface area (TPSA) is 21.3 Å². The Bertz CT molecular complexity index is 227. The zero-order chi connectivity index (χ0) is 11.6. The Labute approximate surface area is 99.8 Å². The van der Waals surface area contributed by atoms with Crippen LogP contribution in [0.2, 0.25) is 0 Å². The van der Waals surface area contributed by atoms with E-state index in [1.54, 1.807) is 0 Å². The number of hydrogen-bond acceptors (Lipinski definition) is 2. The highest BCUT2D eigenvalue weighted by molar-refractivity contribution is 5.04. The van der Waals surface area contributed by atoms with E-state index in [9.17, 15) is 0 Å². The summed E-state index contributed by atoms with van der Waals surface area (Å²) in [5, 5.41) is 3.40. The Balaban J connectivity index is 2.02. The van der Waals surface area contributed by atoms with Gasteiger partial charge in [-0.2, -0.15) is 0 Å². The zero-order valence-electron chi connectivity index (χ0n) is 10.7. The van der Waals surface area contributed by atoms with E-state index in [0.29, 0.717) is 0 Å². The number of rotatable bonds is 6. The summed E-state index contributed by atoms with van der Waals surface area (Å²) in [4.78, 5) is 0. The summed E-state index contributed by atoms with van der Waals surface area (Å²) in [5.41, 5.74) is 0. The van der Waals surface area contributed by atoms with Crippen LogP contribution in [0.1, 0.15) is 39.5 Å². The van der Waals surface area contributed by atoms with Crippen molar-refractivity contribution in [2.75, 3.05) is 19.7 Å². The van der Waals surface area contributed by atoms with Gasteiger partial charge in [-0.1, -0.05) is 12.2 Å². The second-order valence-corrected chi connectivity index (χ2v) is 4.49. The van der Waals surface area contributed by atoms with Crippen molar-refractivity contribution in [3.63, 3.8) is 0 Å². The van der Waals surface area contributed by atoms with Gasteiger partial charge in [0.15, 0.2) is 0 Å². The Morgan fingerprint density at radius 3 is 2.81 bits per heavy atom. The fraction of sp³-hybridized carbons (Fsp3) is 0.714. The Kier molecular flexibility index (Phi) is 6.98. The fourth-order valence-electron chi connectivity index (χ4n) is 2.06. The number of hydrogen-bond donors (Lipinski definition) is 1. The number of nitrogens with one attached hydrogen (secondary N) is 1. The molecule has 0 atom stereocenters. The van der Waals surface area contributed by atoms with E-state index in [0.717, 1.165) is 18.3 Å². The highest BCUT2D eigenvalue weighted by Gasteiger charge is 2.11. The first kappa shape index (κ1) is 13.3. The average Bonchev–Trinajstić information content (AvgIpc) is 2.33. The second-order valence-electron chi connectivity index (χ2n) is 4.49. The molecule has 0 spiro atoms. The lowest BCUT2D eigenvalue weighted by atomic mass is 9.93. The molecule has 1 N–H and O–H groups in total. The minimum Gasteiger partial charge on any atom is -0.498 e. The molecule has 1 rings (SSSR count). The van der Waals surface area contributed by atoms with E-state index in [4.69, 9.17) is 4.74 Å². The molecule has 0 aliphatic carbocycles. The van der Waals surface area contributed by atoms with E-state index in [1.165, 1.54) is 38.8 Å². The molecule has 1 aliphatic rings. The van der Waals surface area contributed by atoms with Crippen LogP contribution in [0.4, 0.5) is 0 Å². The fourth-order valence-corrected chi connectivity index (χ4v) is 2.06. The molecule has 0 amide bonds. The summed E-state index contributed by atoms with van der Waals surface area (Å²) < 4.78 is 5.63. The smallest absolute Gasteiger partial charge is 0.0928 e. The molecule has 0 unspecified atom stereocenters. The number of allylic oxidation sites excluding steroid dienone is 4. The van der Waals surface area contributed by atoms with Crippen LogP contribution in [0.25, 0.3) is 0 Å². The van der Waals surface area contributed by atoms with Gasteiger partial charge >= 0.3 is 0 Å². The summed E-state index contributed by atoms with van der Waals surface area (Å²) in [6.07, 6.45) is 11.2. The van der Waals surface area contributed by atoms with Gasteiger partial charge in [-0.25, -0.2) is 0 Å². The van der Waals surface area contributed by atoms with Crippen LogP contribution in [0, 0.1) is 5.92 Å². The molecule has 1 aliphatic heterocycles. The van der Waals surface area contributed by atoms with Crippen LogP contribution in [-0.2, 0) is 4.74 Å². The van der Waals surface area contributed by atoms with Crippen LogP contribution in [0.3, 0.4) is 0 Å². The van der Waals surface area contributed by atoms with Crippen molar-refractivity contribution >= 4 is 0 Å². The maximum atomic E-state index is 5.63. The Morgan fingerprint density at radius 1 is 1.38 bits per heavy atom. The van der Waals surface area contributed by atoms with Crippen molar-refractivity contribution < 1.29 is 4.74 Å². The average molecular weight is 223 g/mol. The van der Waals surface area contributed by atoms with Gasteiger partial charge in [-0.05, 0) is 64.6 Å². The molecule has 1 fully saturated rings. The van der Waals surface area contributed by atoms with Gasteiger partial charge in [-0.15, -0.1) is 0 Å². The summed E-state index contributed by atoms with van der Waals surface area (Å²) in [6.45, 7) is 7.30. The Morgan fingerprint density at radius 2 is 2.12 bits per heavy atom. The minimum atomic E-state index is 0.865. The molecule has 1 heterocycles. The van der Waals surface area contributed by atoms with Crippen LogP contribution >= 0.6 is 0 Å². The maximum absolute atomic E-state index is 5.63. The van der Waals surface area contributed by atoms with Gasteiger partial charge in [0.05, 0.1) is 12.4 Å². The monoisotopic (exact) mass is 223 g/mol. The van der Waals surface area contributed by atoms with Crippen molar-refractivity contribution in [2.24, 2.45) is 5.92 Å². The van der Waals surface area contributed by atoms with Gasteiger partial charge in [-0.3, -0.25) is 0 Å². The molecule has 92 valence electrons. The molecule has 0 bridgehead atoms. The third kappa shape index (κ3) is 5.96. The standard InChI is InChI=1S/C14H25NO/c1-3-4-6-13(2)16-12-5-7-14-8-10-15-11-9-14/h3-4,6,14-15H,5,7-12H2,1-2H3. The first-order valence-electron chi connectivity index (χ1n) is 6.46. The van der Waals surface area contributed by atoms with Crippen molar-refractivity contribution in [2.45, 2.75) is 39.5 Å². The van der Waals surface area contributed by atoms with Gasteiger partial charge < -0.3 is 10.1 Å². The van der Waals surface area contributed by atoms with E-state index in [2.05, 4.69) is 5.32 Å². The lowest BCUT2D eigenvalue weighted by Crippen LogP contribution is -2.27. The summed E-state index contributed by atoms with van der Waals surface area (Å²) in [7, 11) is 0. The third-order valence-corrected chi connectivity index (χ3v) is 3.07. The molecule has 0 aromatic heterocycles. The van der Waals surface area contributed by atoms with Crippen molar-refractivity contribution in [3.8, 4) is 0 Å². The van der Waals surface area contributed by atoms with Crippen molar-refractivity contribution in [1.29, 1.82) is 0 Å². The third-order valence-electron chi connectivity index (χ3n) is 3.07. The lowest BCUT2D eigenvalue weighted by molar-refractivity contribution is 0.196. The van der Waals surface area contributed by atoms with Crippen LogP contribution < -0.4 is 5.32 Å². The lowest BCUT2D eigenvalue weighted by Gasteiger charge is -2.22.